The third-order valence-electron chi connectivity index (χ3n) is 14.5. The van der Waals surface area contributed by atoms with Gasteiger partial charge >= 0.3 is 6.18 Å². The van der Waals surface area contributed by atoms with Crippen molar-refractivity contribution in [2.45, 2.75) is 120 Å². The maximum absolute atomic E-state index is 13.7. The van der Waals surface area contributed by atoms with E-state index < -0.39 is 48.7 Å². The van der Waals surface area contributed by atoms with Gasteiger partial charge in [-0.15, -0.1) is 0 Å². The Bertz CT molecular complexity index is 2740. The summed E-state index contributed by atoms with van der Waals surface area (Å²) < 4.78 is 88.2. The zero-order chi connectivity index (χ0) is 50.7. The van der Waals surface area contributed by atoms with Crippen LogP contribution in [-0.2, 0) is 19.2 Å². The fourth-order valence-corrected chi connectivity index (χ4v) is 11.9. The van der Waals surface area contributed by atoms with Crippen LogP contribution in [0, 0.1) is 36.3 Å². The van der Waals surface area contributed by atoms with Gasteiger partial charge in [0.15, 0.2) is 30.4 Å². The summed E-state index contributed by atoms with van der Waals surface area (Å²) in [7, 11) is 0. The number of hydrogen-bond donors (Lipinski definition) is 4. The summed E-state index contributed by atoms with van der Waals surface area (Å²) in [4.78, 5) is 50.7. The molecular weight excluding hydrogens is 976 g/mol. The molecule has 0 spiro atoms. The van der Waals surface area contributed by atoms with Gasteiger partial charge < -0.3 is 40.0 Å². The Morgan fingerprint density at radius 1 is 0.718 bits per heavy atom. The number of benzene rings is 4. The van der Waals surface area contributed by atoms with Crippen molar-refractivity contribution in [3.05, 3.63) is 117 Å². The highest BCUT2D eigenvalue weighted by Crippen LogP contribution is 2.70. The maximum atomic E-state index is 13.7. The average Bonchev–Trinajstić information content (AvgIpc) is 3.26. The third kappa shape index (κ3) is 11.1. The minimum absolute atomic E-state index is 0.00216. The first-order valence-electron chi connectivity index (χ1n) is 23.4. The second-order valence-electron chi connectivity index (χ2n) is 20.6. The van der Waals surface area contributed by atoms with Crippen molar-refractivity contribution >= 4 is 46.6 Å². The number of aliphatic hydroxyl groups is 1. The second kappa shape index (κ2) is 19.2. The Labute approximate surface area is 416 Å². The summed E-state index contributed by atoms with van der Waals surface area (Å²) in [6.07, 6.45) is -1.79. The predicted octanol–water partition coefficient (Wildman–Crippen LogP) is 9.26. The first-order chi connectivity index (χ1) is 33.5. The smallest absolute Gasteiger partial charge is 0.401 e. The Hall–Kier alpha value is -5.49. The van der Waals surface area contributed by atoms with Crippen LogP contribution in [-0.4, -0.2) is 77.7 Å². The number of ether oxygens (including phenoxy) is 4. The molecule has 12 nitrogen and oxygen atoms in total. The van der Waals surface area contributed by atoms with Crippen LogP contribution in [0.4, 0.5) is 22.0 Å². The Morgan fingerprint density at radius 2 is 1.32 bits per heavy atom. The number of aliphatic hydroxyl groups excluding tert-OH is 1. The highest BCUT2D eigenvalue weighted by molar-refractivity contribution is 6.31. The molecule has 2 amide bonds. The van der Waals surface area contributed by atoms with Gasteiger partial charge in [0, 0.05) is 71.1 Å². The topological polar surface area (TPSA) is 162 Å². The molecule has 2 aliphatic heterocycles. The van der Waals surface area contributed by atoms with Crippen molar-refractivity contribution in [3.63, 3.8) is 0 Å². The van der Waals surface area contributed by atoms with Crippen molar-refractivity contribution in [2.24, 2.45) is 10.8 Å². The van der Waals surface area contributed by atoms with Crippen LogP contribution in [0.15, 0.2) is 72.8 Å². The molecule has 19 heteroatoms. The molecule has 0 saturated heterocycles. The van der Waals surface area contributed by atoms with E-state index in [1.165, 1.54) is 18.2 Å². The maximum Gasteiger partial charge on any atom is 0.401 e. The van der Waals surface area contributed by atoms with Gasteiger partial charge in [-0.05, 0) is 117 Å². The Morgan fingerprint density at radius 3 is 2.00 bits per heavy atom. The van der Waals surface area contributed by atoms with Gasteiger partial charge in [-0.2, -0.15) is 13.2 Å². The quantitative estimate of drug-likeness (QED) is 0.0797. The number of ketones is 2. The van der Waals surface area contributed by atoms with Crippen LogP contribution in [0.3, 0.4) is 0 Å². The van der Waals surface area contributed by atoms with E-state index >= 15 is 0 Å². The molecule has 4 atom stereocenters. The molecule has 6 saturated carbocycles. The number of rotatable bonds is 16. The van der Waals surface area contributed by atoms with E-state index in [1.807, 2.05) is 19.1 Å². The van der Waals surface area contributed by atoms with Crippen molar-refractivity contribution in [3.8, 4) is 23.0 Å². The molecule has 12 rings (SSSR count). The number of alkyl halides is 3. The van der Waals surface area contributed by atoms with E-state index in [4.69, 9.17) is 42.1 Å². The minimum Gasteiger partial charge on any atom is -0.486 e. The first-order valence-corrected chi connectivity index (χ1v) is 24.1. The third-order valence-corrected chi connectivity index (χ3v) is 15.0. The van der Waals surface area contributed by atoms with Crippen LogP contribution in [0.5, 0.6) is 23.0 Å². The summed E-state index contributed by atoms with van der Waals surface area (Å²) >= 11 is 11.7. The zero-order valence-corrected chi connectivity index (χ0v) is 40.3. The second-order valence-corrected chi connectivity index (χ2v) is 21.4. The van der Waals surface area contributed by atoms with Crippen LogP contribution >= 0.6 is 23.2 Å². The van der Waals surface area contributed by atoms with Gasteiger partial charge in [-0.25, -0.2) is 8.78 Å². The van der Waals surface area contributed by atoms with Gasteiger partial charge in [0.25, 0.3) is 11.8 Å². The van der Waals surface area contributed by atoms with Crippen molar-refractivity contribution < 1.29 is 65.2 Å². The van der Waals surface area contributed by atoms with Crippen molar-refractivity contribution in [2.75, 3.05) is 19.8 Å². The zero-order valence-electron chi connectivity index (χ0n) is 38.8. The molecule has 71 heavy (non-hydrogen) atoms. The number of nitrogens with one attached hydrogen (secondary N) is 3. The molecule has 0 radical (unpaired) electrons. The number of fused-ring (bicyclic) bond motifs is 2. The van der Waals surface area contributed by atoms with E-state index in [-0.39, 0.29) is 94.3 Å². The largest absolute Gasteiger partial charge is 0.486 e. The Balaban J connectivity index is 0.000000177. The normalized spacial score (nSPS) is 28.1. The summed E-state index contributed by atoms with van der Waals surface area (Å²) in [5.74, 6) is -0.377. The number of carbonyl (C=O) groups excluding carboxylic acids is 4. The lowest BCUT2D eigenvalue weighted by molar-refractivity contribution is -0.177. The molecule has 4 aromatic rings. The Kier molecular flexibility index (Phi) is 13.6. The van der Waals surface area contributed by atoms with Crippen molar-refractivity contribution in [1.29, 1.82) is 0 Å². The van der Waals surface area contributed by atoms with E-state index in [0.29, 0.717) is 58.9 Å². The average molecular weight is 1030 g/mol. The van der Waals surface area contributed by atoms with Crippen LogP contribution in [0.25, 0.3) is 0 Å². The van der Waals surface area contributed by atoms with E-state index in [2.05, 4.69) is 16.0 Å². The van der Waals surface area contributed by atoms with E-state index in [0.717, 1.165) is 30.9 Å². The molecule has 4 aromatic carbocycles. The van der Waals surface area contributed by atoms with Gasteiger partial charge in [-0.1, -0.05) is 40.9 Å². The molecule has 4 bridgehead atoms. The number of Topliss-reactive ketones (excluding diaryl/α,β-unsaturated/α-hetero) is 2. The number of hydrogen-bond acceptors (Lipinski definition) is 10. The lowest BCUT2D eigenvalue weighted by Gasteiger charge is -2.70. The standard InChI is InChI=1S/C27H27ClF4N2O4.C25H25ClFNO5/c1-15-2-4-17(7-19(15)29)37-10-24(36)34-26-11-25(12-26,13-26)9-21(35)23-8-20(33-14-27(30,31)32)18-6-16(28)3-5-22(18)38-23;1-14-2-5-21-17(6-14)20(30)8-22(33-21)23(31)28-25-11-24(12-25,13-25)9-15(29)10-32-16-3-4-18(26)19(27)7-16/h2-7,20,23,33H,8-14H2,1H3,(H,34,36);2-7,20,22,30H,8-13H2,1H3,(H,28,31)/t;20-,22-,24?,25?/m.0/s1. The van der Waals surface area contributed by atoms with Gasteiger partial charge in [-0.3, -0.25) is 19.2 Å². The molecule has 2 unspecified atom stereocenters. The SMILES string of the molecule is Cc1ccc(OCC(=O)NC23CC(CC(=O)C4CC(NCC(F)(F)F)c5cc(Cl)ccc5O4)(C2)C3)cc1F.Cc1ccc2c(c1)[C@@H](O)C[C@@H](C(=O)NC13CC(CC(=O)COc4ccc(Cl)c(F)c4)(C1)C3)O2. The fraction of sp³-hybridized carbons (Fsp3) is 0.462. The van der Waals surface area contributed by atoms with Gasteiger partial charge in [0.2, 0.25) is 0 Å². The summed E-state index contributed by atoms with van der Waals surface area (Å²) in [5.41, 5.74) is 1.69. The van der Waals surface area contributed by atoms with E-state index in [9.17, 15) is 46.2 Å². The van der Waals surface area contributed by atoms with Gasteiger partial charge in [0.05, 0.1) is 17.7 Å². The number of carbonyl (C=O) groups is 4. The van der Waals surface area contributed by atoms with Crippen LogP contribution in [0.2, 0.25) is 10.0 Å². The van der Waals surface area contributed by atoms with Crippen molar-refractivity contribution in [1.82, 2.24) is 16.0 Å². The van der Waals surface area contributed by atoms with Gasteiger partial charge in [0.1, 0.15) is 41.2 Å². The lowest BCUT2D eigenvalue weighted by atomic mass is 9.38. The molecule has 6 fully saturated rings. The number of amides is 2. The lowest BCUT2D eigenvalue weighted by Crippen LogP contribution is -2.75. The van der Waals surface area contributed by atoms with Crippen LogP contribution < -0.4 is 34.9 Å². The van der Waals surface area contributed by atoms with Crippen LogP contribution in [0.1, 0.15) is 98.6 Å². The first kappa shape index (κ1) is 50.5. The summed E-state index contributed by atoms with van der Waals surface area (Å²) in [6, 6.07) is 18.0. The highest BCUT2D eigenvalue weighted by Gasteiger charge is 2.70. The predicted molar refractivity (Wildman–Crippen MR) is 250 cm³/mol. The fourth-order valence-electron chi connectivity index (χ4n) is 11.6. The molecule has 4 N–H and O–H groups in total. The summed E-state index contributed by atoms with van der Waals surface area (Å²) in [6.45, 7) is 2.00. The molecule has 378 valence electrons. The molecule has 6 aliphatic carbocycles. The number of aryl methyl sites for hydroxylation is 2. The highest BCUT2D eigenvalue weighted by atomic mass is 35.5. The molecule has 0 aromatic heterocycles. The van der Waals surface area contributed by atoms with E-state index in [1.54, 1.807) is 43.3 Å². The molecular formula is C52H52Cl2F5N3O9. The molecule has 2 heterocycles. The molecule has 8 aliphatic rings. The summed E-state index contributed by atoms with van der Waals surface area (Å²) in [5, 5.41) is 19.4. The monoisotopic (exact) mass is 1030 g/mol. The number of halogens is 7. The minimum atomic E-state index is -4.40.